The minimum Gasteiger partial charge on any atom is -0.338 e. The summed E-state index contributed by atoms with van der Waals surface area (Å²) in [6.07, 6.45) is -4.38. The van der Waals surface area contributed by atoms with Gasteiger partial charge in [0.25, 0.3) is 0 Å². The highest BCUT2D eigenvalue weighted by Gasteiger charge is 2.30. The predicted molar refractivity (Wildman–Crippen MR) is 109 cm³/mol. The molecule has 0 bridgehead atoms. The van der Waals surface area contributed by atoms with Gasteiger partial charge in [-0.25, -0.2) is 0 Å². The van der Waals surface area contributed by atoms with E-state index in [2.05, 4.69) is 36.3 Å². The van der Waals surface area contributed by atoms with Crippen LogP contribution in [0.2, 0.25) is 0 Å². The van der Waals surface area contributed by atoms with Crippen LogP contribution in [0.25, 0.3) is 22.6 Å². The molecule has 4 rings (SSSR count). The summed E-state index contributed by atoms with van der Waals surface area (Å²) in [5, 5.41) is 12.9. The first kappa shape index (κ1) is 20.5. The van der Waals surface area contributed by atoms with Gasteiger partial charge in [0, 0.05) is 15.6 Å². The molecule has 0 saturated carbocycles. The van der Waals surface area contributed by atoms with E-state index in [0.29, 0.717) is 22.2 Å². The highest BCUT2D eigenvalue weighted by Crippen LogP contribution is 2.30. The van der Waals surface area contributed by atoms with Crippen LogP contribution in [0.15, 0.2) is 74.7 Å². The van der Waals surface area contributed by atoms with Crippen molar-refractivity contribution in [3.05, 3.63) is 76.6 Å². The van der Waals surface area contributed by atoms with E-state index >= 15 is 0 Å². The lowest BCUT2D eigenvalue weighted by atomic mass is 10.1. The minimum absolute atomic E-state index is 0.232. The van der Waals surface area contributed by atoms with Gasteiger partial charge in [0.2, 0.25) is 11.7 Å². The molecule has 0 radical (unpaired) electrons. The third-order valence-corrected chi connectivity index (χ3v) is 5.50. The van der Waals surface area contributed by atoms with E-state index in [1.165, 1.54) is 23.9 Å². The van der Waals surface area contributed by atoms with Crippen molar-refractivity contribution in [3.63, 3.8) is 0 Å². The fourth-order valence-corrected chi connectivity index (χ4v) is 3.46. The molecule has 0 spiro atoms. The van der Waals surface area contributed by atoms with Gasteiger partial charge in [-0.2, -0.15) is 18.2 Å². The molecular formula is C20H12BrF3N4OS. The molecule has 0 aliphatic rings. The predicted octanol–water partition coefficient (Wildman–Crippen LogP) is 6.27. The second-order valence-electron chi connectivity index (χ2n) is 6.14. The molecule has 2 aromatic carbocycles. The number of benzene rings is 2. The van der Waals surface area contributed by atoms with Crippen molar-refractivity contribution in [2.75, 3.05) is 0 Å². The van der Waals surface area contributed by atoms with E-state index in [4.69, 9.17) is 4.52 Å². The van der Waals surface area contributed by atoms with Crippen LogP contribution >= 0.6 is 27.7 Å². The Morgan fingerprint density at radius 2 is 1.57 bits per heavy atom. The number of hydrogen-bond acceptors (Lipinski definition) is 6. The second kappa shape index (κ2) is 8.57. The molecule has 2 heterocycles. The summed E-state index contributed by atoms with van der Waals surface area (Å²) in [5.74, 6) is 0.935. The molecule has 0 aliphatic heterocycles. The van der Waals surface area contributed by atoms with Gasteiger partial charge in [-0.3, -0.25) is 0 Å². The van der Waals surface area contributed by atoms with Crippen molar-refractivity contribution in [3.8, 4) is 22.6 Å². The lowest BCUT2D eigenvalue weighted by Crippen LogP contribution is -2.04. The van der Waals surface area contributed by atoms with Crippen LogP contribution in [-0.2, 0) is 11.9 Å². The van der Waals surface area contributed by atoms with Crippen molar-refractivity contribution >= 4 is 27.7 Å². The van der Waals surface area contributed by atoms with E-state index in [9.17, 15) is 13.2 Å². The Bertz CT molecular complexity index is 1130. The Hall–Kier alpha value is -2.72. The topological polar surface area (TPSA) is 64.7 Å². The summed E-state index contributed by atoms with van der Waals surface area (Å²) in [5.41, 5.74) is 1.44. The fourth-order valence-electron chi connectivity index (χ4n) is 2.55. The van der Waals surface area contributed by atoms with Crippen molar-refractivity contribution < 1.29 is 17.7 Å². The fraction of sp³-hybridized carbons (Fsp3) is 0.100. The van der Waals surface area contributed by atoms with Crippen LogP contribution in [-0.4, -0.2) is 20.3 Å². The molecule has 5 nitrogen and oxygen atoms in total. The maximum Gasteiger partial charge on any atom is 0.416 e. The Kier molecular flexibility index (Phi) is 5.87. The van der Waals surface area contributed by atoms with Crippen LogP contribution in [0, 0.1) is 0 Å². The average molecular weight is 493 g/mol. The number of hydrogen-bond donors (Lipinski definition) is 0. The standard InChI is InChI=1S/C20H12BrF3N4OS/c21-15-7-3-12(4-8-15)16-9-10-18(27-26-16)30-11-17-25-19(28-29-17)13-1-5-14(6-2-13)20(22,23)24/h1-10H,11H2. The zero-order chi connectivity index (χ0) is 21.1. The molecule has 0 atom stereocenters. The van der Waals surface area contributed by atoms with Gasteiger partial charge < -0.3 is 4.52 Å². The number of rotatable bonds is 5. The first-order chi connectivity index (χ1) is 14.4. The maximum atomic E-state index is 12.7. The summed E-state index contributed by atoms with van der Waals surface area (Å²) < 4.78 is 44.2. The minimum atomic E-state index is -4.38. The summed E-state index contributed by atoms with van der Waals surface area (Å²) in [6.45, 7) is 0. The first-order valence-corrected chi connectivity index (χ1v) is 10.4. The van der Waals surface area contributed by atoms with E-state index in [1.807, 2.05) is 36.4 Å². The zero-order valence-electron chi connectivity index (χ0n) is 15.1. The van der Waals surface area contributed by atoms with Gasteiger partial charge in [0.15, 0.2) is 0 Å². The smallest absolute Gasteiger partial charge is 0.338 e. The number of alkyl halides is 3. The molecule has 10 heteroatoms. The molecule has 0 saturated heterocycles. The normalized spacial score (nSPS) is 11.6. The lowest BCUT2D eigenvalue weighted by Gasteiger charge is -2.05. The maximum absolute atomic E-state index is 12.7. The van der Waals surface area contributed by atoms with Gasteiger partial charge >= 0.3 is 6.18 Å². The molecule has 2 aromatic heterocycles. The van der Waals surface area contributed by atoms with E-state index in [0.717, 1.165) is 27.9 Å². The Balaban J connectivity index is 1.39. The van der Waals surface area contributed by atoms with Crippen LogP contribution in [0.3, 0.4) is 0 Å². The van der Waals surface area contributed by atoms with E-state index < -0.39 is 11.7 Å². The SMILES string of the molecule is FC(F)(F)c1ccc(-c2noc(CSc3ccc(-c4ccc(Br)cc4)nn3)n2)cc1. The molecular weight excluding hydrogens is 481 g/mol. The van der Waals surface area contributed by atoms with Crippen LogP contribution in [0.1, 0.15) is 11.5 Å². The molecule has 30 heavy (non-hydrogen) atoms. The Morgan fingerprint density at radius 3 is 2.20 bits per heavy atom. The van der Waals surface area contributed by atoms with Gasteiger partial charge in [0.1, 0.15) is 5.03 Å². The number of nitrogens with zero attached hydrogens (tertiary/aromatic N) is 4. The van der Waals surface area contributed by atoms with Crippen molar-refractivity contribution in [1.82, 2.24) is 20.3 Å². The number of aromatic nitrogens is 4. The third-order valence-electron chi connectivity index (χ3n) is 4.06. The van der Waals surface area contributed by atoms with Crippen LogP contribution in [0.5, 0.6) is 0 Å². The molecule has 0 amide bonds. The molecule has 0 fully saturated rings. The van der Waals surface area contributed by atoms with Crippen LogP contribution < -0.4 is 0 Å². The largest absolute Gasteiger partial charge is 0.416 e. The summed E-state index contributed by atoms with van der Waals surface area (Å²) in [6, 6.07) is 16.1. The molecule has 152 valence electrons. The average Bonchev–Trinajstić information content (AvgIpc) is 3.22. The van der Waals surface area contributed by atoms with Gasteiger partial charge in [0.05, 0.1) is 17.0 Å². The van der Waals surface area contributed by atoms with Crippen molar-refractivity contribution in [2.45, 2.75) is 17.0 Å². The van der Waals surface area contributed by atoms with E-state index in [-0.39, 0.29) is 5.82 Å². The number of thioether (sulfide) groups is 1. The zero-order valence-corrected chi connectivity index (χ0v) is 17.5. The highest BCUT2D eigenvalue weighted by atomic mass is 79.9. The first-order valence-electron chi connectivity index (χ1n) is 8.61. The van der Waals surface area contributed by atoms with E-state index in [1.54, 1.807) is 0 Å². The van der Waals surface area contributed by atoms with Crippen molar-refractivity contribution in [2.24, 2.45) is 0 Å². The van der Waals surface area contributed by atoms with Gasteiger partial charge in [-0.05, 0) is 36.4 Å². The van der Waals surface area contributed by atoms with Gasteiger partial charge in [-0.15, -0.1) is 10.2 Å². The highest BCUT2D eigenvalue weighted by molar-refractivity contribution is 9.10. The molecule has 4 aromatic rings. The monoisotopic (exact) mass is 492 g/mol. The molecule has 0 N–H and O–H groups in total. The summed E-state index contributed by atoms with van der Waals surface area (Å²) in [4.78, 5) is 4.23. The lowest BCUT2D eigenvalue weighted by molar-refractivity contribution is -0.137. The molecule has 0 unspecified atom stereocenters. The summed E-state index contributed by atoms with van der Waals surface area (Å²) in [7, 11) is 0. The number of halogens is 4. The third kappa shape index (κ3) is 4.88. The second-order valence-corrected chi connectivity index (χ2v) is 8.05. The molecule has 0 aliphatic carbocycles. The van der Waals surface area contributed by atoms with Crippen molar-refractivity contribution in [1.29, 1.82) is 0 Å². The Morgan fingerprint density at radius 1 is 0.867 bits per heavy atom. The summed E-state index contributed by atoms with van der Waals surface area (Å²) >= 11 is 4.76. The Labute approximate surface area is 181 Å². The van der Waals surface area contributed by atoms with Gasteiger partial charge in [-0.1, -0.05) is 57.1 Å². The quantitative estimate of drug-likeness (QED) is 0.306. The van der Waals surface area contributed by atoms with Crippen LogP contribution in [0.4, 0.5) is 13.2 Å².